The van der Waals surface area contributed by atoms with Gasteiger partial charge in [0.1, 0.15) is 5.75 Å². The summed E-state index contributed by atoms with van der Waals surface area (Å²) in [7, 11) is 1.52. The molecule has 0 spiro atoms. The highest BCUT2D eigenvalue weighted by Gasteiger charge is 2.32. The SMILES string of the molecule is COc1cc(C)ccc1OCC(=O)N1CCCc2cc(OC(F)(F)F)ccc21. The van der Waals surface area contributed by atoms with Crippen LogP contribution in [0, 0.1) is 6.92 Å². The summed E-state index contributed by atoms with van der Waals surface area (Å²) in [6.07, 6.45) is -3.54. The first-order chi connectivity index (χ1) is 13.3. The van der Waals surface area contributed by atoms with E-state index in [2.05, 4.69) is 4.74 Å². The Hall–Kier alpha value is -2.90. The van der Waals surface area contributed by atoms with Gasteiger partial charge in [0.2, 0.25) is 0 Å². The number of fused-ring (bicyclic) bond motifs is 1. The maximum Gasteiger partial charge on any atom is 0.573 e. The highest BCUT2D eigenvalue weighted by molar-refractivity contribution is 5.95. The lowest BCUT2D eigenvalue weighted by molar-refractivity contribution is -0.274. The molecule has 0 radical (unpaired) electrons. The fourth-order valence-electron chi connectivity index (χ4n) is 3.14. The number of alkyl halides is 3. The second kappa shape index (κ2) is 8.00. The van der Waals surface area contributed by atoms with Crippen molar-refractivity contribution in [3.8, 4) is 17.2 Å². The number of halogens is 3. The fourth-order valence-corrected chi connectivity index (χ4v) is 3.14. The molecular weight excluding hydrogens is 375 g/mol. The molecular formula is C20H20F3NO4. The van der Waals surface area contributed by atoms with E-state index >= 15 is 0 Å². The zero-order valence-corrected chi connectivity index (χ0v) is 15.5. The van der Waals surface area contributed by atoms with Crippen molar-refractivity contribution in [2.45, 2.75) is 26.1 Å². The Morgan fingerprint density at radius 1 is 1.14 bits per heavy atom. The number of methoxy groups -OCH3 is 1. The lowest BCUT2D eigenvalue weighted by Crippen LogP contribution is -2.38. The van der Waals surface area contributed by atoms with E-state index in [-0.39, 0.29) is 18.3 Å². The van der Waals surface area contributed by atoms with Crippen molar-refractivity contribution in [2.75, 3.05) is 25.2 Å². The largest absolute Gasteiger partial charge is 0.573 e. The molecule has 0 atom stereocenters. The predicted octanol–water partition coefficient (Wildman–Crippen LogP) is 4.26. The van der Waals surface area contributed by atoms with Crippen LogP contribution in [0.25, 0.3) is 0 Å². The molecule has 1 aliphatic heterocycles. The first-order valence-electron chi connectivity index (χ1n) is 8.73. The van der Waals surface area contributed by atoms with E-state index in [4.69, 9.17) is 9.47 Å². The first kappa shape index (κ1) is 19.9. The highest BCUT2D eigenvalue weighted by Crippen LogP contribution is 2.33. The van der Waals surface area contributed by atoms with Gasteiger partial charge in [-0.25, -0.2) is 0 Å². The van der Waals surface area contributed by atoms with Gasteiger partial charge in [-0.05, 0) is 61.2 Å². The van der Waals surface area contributed by atoms with Gasteiger partial charge in [0.15, 0.2) is 18.1 Å². The van der Waals surface area contributed by atoms with Crippen LogP contribution < -0.4 is 19.1 Å². The minimum absolute atomic E-state index is 0.209. The van der Waals surface area contributed by atoms with E-state index in [0.29, 0.717) is 42.1 Å². The number of benzene rings is 2. The van der Waals surface area contributed by atoms with Crippen molar-refractivity contribution in [3.05, 3.63) is 47.5 Å². The van der Waals surface area contributed by atoms with Crippen LogP contribution in [0.4, 0.5) is 18.9 Å². The van der Waals surface area contributed by atoms with Gasteiger partial charge < -0.3 is 19.1 Å². The number of anilines is 1. The number of nitrogens with zero attached hydrogens (tertiary/aromatic N) is 1. The summed E-state index contributed by atoms with van der Waals surface area (Å²) in [6, 6.07) is 9.39. The topological polar surface area (TPSA) is 48.0 Å². The lowest BCUT2D eigenvalue weighted by Gasteiger charge is -2.30. The van der Waals surface area contributed by atoms with Crippen molar-refractivity contribution in [1.29, 1.82) is 0 Å². The normalized spacial score (nSPS) is 13.7. The van der Waals surface area contributed by atoms with Gasteiger partial charge in [-0.15, -0.1) is 13.2 Å². The molecule has 0 bridgehead atoms. The molecule has 0 saturated carbocycles. The molecule has 0 N–H and O–H groups in total. The number of hydrogen-bond donors (Lipinski definition) is 0. The Morgan fingerprint density at radius 3 is 2.64 bits per heavy atom. The summed E-state index contributed by atoms with van der Waals surface area (Å²) >= 11 is 0. The van der Waals surface area contributed by atoms with E-state index in [1.807, 2.05) is 13.0 Å². The van der Waals surface area contributed by atoms with E-state index < -0.39 is 6.36 Å². The third-order valence-corrected chi connectivity index (χ3v) is 4.37. The van der Waals surface area contributed by atoms with Gasteiger partial charge in [-0.3, -0.25) is 4.79 Å². The zero-order valence-electron chi connectivity index (χ0n) is 15.5. The Bertz CT molecular complexity index is 867. The molecule has 1 heterocycles. The minimum atomic E-state index is -4.75. The minimum Gasteiger partial charge on any atom is -0.493 e. The number of hydrogen-bond acceptors (Lipinski definition) is 4. The van der Waals surface area contributed by atoms with Gasteiger partial charge in [0.25, 0.3) is 5.91 Å². The van der Waals surface area contributed by atoms with Crippen molar-refractivity contribution in [2.24, 2.45) is 0 Å². The van der Waals surface area contributed by atoms with Gasteiger partial charge in [-0.1, -0.05) is 6.07 Å². The smallest absolute Gasteiger partial charge is 0.493 e. The van der Waals surface area contributed by atoms with Gasteiger partial charge in [0, 0.05) is 12.2 Å². The summed E-state index contributed by atoms with van der Waals surface area (Å²) in [6.45, 7) is 2.18. The fraction of sp³-hybridized carbons (Fsp3) is 0.350. The Kier molecular flexibility index (Phi) is 5.67. The van der Waals surface area contributed by atoms with Crippen molar-refractivity contribution in [3.63, 3.8) is 0 Å². The average molecular weight is 395 g/mol. The summed E-state index contributed by atoms with van der Waals surface area (Å²) in [5, 5.41) is 0. The summed E-state index contributed by atoms with van der Waals surface area (Å²) < 4.78 is 52.1. The van der Waals surface area contributed by atoms with Gasteiger partial charge in [-0.2, -0.15) is 0 Å². The maximum atomic E-state index is 12.7. The molecule has 0 saturated heterocycles. The van der Waals surface area contributed by atoms with Crippen LogP contribution in [0.15, 0.2) is 36.4 Å². The molecule has 0 fully saturated rings. The monoisotopic (exact) mass is 395 g/mol. The van der Waals surface area contributed by atoms with E-state index in [9.17, 15) is 18.0 Å². The molecule has 28 heavy (non-hydrogen) atoms. The standard InChI is InChI=1S/C20H20F3NO4/c1-13-5-8-17(18(10-13)26-2)27-12-19(25)24-9-3-4-14-11-15(6-7-16(14)24)28-20(21,22)23/h5-8,10-11H,3-4,9,12H2,1-2H3. The second-order valence-electron chi connectivity index (χ2n) is 6.43. The van der Waals surface area contributed by atoms with Gasteiger partial charge >= 0.3 is 6.36 Å². The van der Waals surface area contributed by atoms with Crippen LogP contribution in [0.3, 0.4) is 0 Å². The van der Waals surface area contributed by atoms with Crippen molar-refractivity contribution < 1.29 is 32.2 Å². The van der Waals surface area contributed by atoms with Crippen molar-refractivity contribution >= 4 is 11.6 Å². The number of aryl methyl sites for hydroxylation is 2. The molecule has 2 aromatic rings. The number of carbonyl (C=O) groups excluding carboxylic acids is 1. The number of rotatable bonds is 5. The quantitative estimate of drug-likeness (QED) is 0.759. The Labute approximate surface area is 160 Å². The molecule has 8 heteroatoms. The van der Waals surface area contributed by atoms with E-state index in [0.717, 1.165) is 5.56 Å². The highest BCUT2D eigenvalue weighted by atomic mass is 19.4. The van der Waals surface area contributed by atoms with Crippen LogP contribution in [0.1, 0.15) is 17.5 Å². The first-order valence-corrected chi connectivity index (χ1v) is 8.73. The Balaban J connectivity index is 1.72. The Morgan fingerprint density at radius 2 is 1.93 bits per heavy atom. The molecule has 0 aliphatic carbocycles. The lowest BCUT2D eigenvalue weighted by atomic mass is 10.0. The predicted molar refractivity (Wildman–Crippen MR) is 97.0 cm³/mol. The van der Waals surface area contributed by atoms with Gasteiger partial charge in [0.05, 0.1) is 7.11 Å². The summed E-state index contributed by atoms with van der Waals surface area (Å²) in [5.41, 5.74) is 2.21. The van der Waals surface area contributed by atoms with E-state index in [1.54, 1.807) is 12.1 Å². The second-order valence-corrected chi connectivity index (χ2v) is 6.43. The maximum absolute atomic E-state index is 12.7. The average Bonchev–Trinajstić information content (AvgIpc) is 2.64. The van der Waals surface area contributed by atoms with Crippen molar-refractivity contribution in [1.82, 2.24) is 0 Å². The number of ether oxygens (including phenoxy) is 3. The van der Waals surface area contributed by atoms with Crippen LogP contribution in [0.5, 0.6) is 17.2 Å². The molecule has 3 rings (SSSR count). The summed E-state index contributed by atoms with van der Waals surface area (Å²) in [4.78, 5) is 14.2. The number of amides is 1. The van der Waals surface area contributed by atoms with Crippen LogP contribution in [-0.2, 0) is 11.2 Å². The molecule has 150 valence electrons. The van der Waals surface area contributed by atoms with Crippen LogP contribution >= 0.6 is 0 Å². The van der Waals surface area contributed by atoms with Crippen LogP contribution in [0.2, 0.25) is 0 Å². The molecule has 0 unspecified atom stereocenters. The molecule has 1 aliphatic rings. The third-order valence-electron chi connectivity index (χ3n) is 4.37. The third kappa shape index (κ3) is 4.68. The van der Waals surface area contributed by atoms with Crippen LogP contribution in [-0.4, -0.2) is 32.5 Å². The summed E-state index contributed by atoms with van der Waals surface area (Å²) in [5.74, 6) is 0.405. The molecule has 0 aromatic heterocycles. The molecule has 2 aromatic carbocycles. The van der Waals surface area contributed by atoms with E-state index in [1.165, 1.54) is 30.2 Å². The molecule has 5 nitrogen and oxygen atoms in total. The molecule has 1 amide bonds. The zero-order chi connectivity index (χ0) is 20.3. The number of carbonyl (C=O) groups is 1.